The SMILES string of the molecule is Cc1ccc(CC(=O)Nc2ccc3nc(C)sc3c2)cn1. The molecule has 1 aromatic carbocycles. The van der Waals surface area contributed by atoms with Crippen molar-refractivity contribution in [2.24, 2.45) is 0 Å². The van der Waals surface area contributed by atoms with Crippen molar-refractivity contribution in [2.75, 3.05) is 5.32 Å². The number of thiazole rings is 1. The lowest BCUT2D eigenvalue weighted by Crippen LogP contribution is -2.14. The number of carbonyl (C=O) groups excluding carboxylic acids is 1. The molecule has 0 aliphatic carbocycles. The zero-order valence-electron chi connectivity index (χ0n) is 11.9. The topological polar surface area (TPSA) is 54.9 Å². The number of fused-ring (bicyclic) bond motifs is 1. The molecule has 2 heterocycles. The molecular weight excluding hydrogens is 282 g/mol. The van der Waals surface area contributed by atoms with E-state index in [1.165, 1.54) is 0 Å². The standard InChI is InChI=1S/C16H15N3OS/c1-10-3-4-12(9-17-10)7-16(20)19-13-5-6-14-15(8-13)21-11(2)18-14/h3-6,8-9H,7H2,1-2H3,(H,19,20). The molecule has 106 valence electrons. The van der Waals surface area contributed by atoms with Crippen molar-refractivity contribution in [2.45, 2.75) is 20.3 Å². The number of anilines is 1. The van der Waals surface area contributed by atoms with E-state index in [0.717, 1.165) is 32.2 Å². The molecule has 3 rings (SSSR count). The lowest BCUT2D eigenvalue weighted by atomic mass is 10.2. The van der Waals surface area contributed by atoms with E-state index in [1.54, 1.807) is 17.5 Å². The van der Waals surface area contributed by atoms with Crippen LogP contribution in [0.5, 0.6) is 0 Å². The highest BCUT2D eigenvalue weighted by Crippen LogP contribution is 2.24. The summed E-state index contributed by atoms with van der Waals surface area (Å²) < 4.78 is 1.09. The van der Waals surface area contributed by atoms with Crippen molar-refractivity contribution in [3.05, 3.63) is 52.8 Å². The van der Waals surface area contributed by atoms with Crippen LogP contribution in [0.4, 0.5) is 5.69 Å². The van der Waals surface area contributed by atoms with Crippen LogP contribution < -0.4 is 5.32 Å². The summed E-state index contributed by atoms with van der Waals surface area (Å²) in [5.41, 5.74) is 3.63. The highest BCUT2D eigenvalue weighted by Gasteiger charge is 2.06. The smallest absolute Gasteiger partial charge is 0.228 e. The summed E-state index contributed by atoms with van der Waals surface area (Å²) in [6.07, 6.45) is 2.07. The van der Waals surface area contributed by atoms with Gasteiger partial charge in [0.2, 0.25) is 5.91 Å². The predicted octanol–water partition coefficient (Wildman–Crippen LogP) is 3.49. The van der Waals surface area contributed by atoms with Crippen LogP contribution in [0, 0.1) is 13.8 Å². The number of nitrogens with zero attached hydrogens (tertiary/aromatic N) is 2. The van der Waals surface area contributed by atoms with Gasteiger partial charge in [0.05, 0.1) is 21.6 Å². The molecule has 0 saturated carbocycles. The molecule has 0 atom stereocenters. The third-order valence-electron chi connectivity index (χ3n) is 3.12. The zero-order chi connectivity index (χ0) is 14.8. The average molecular weight is 297 g/mol. The third kappa shape index (κ3) is 3.25. The van der Waals surface area contributed by atoms with Gasteiger partial charge in [-0.1, -0.05) is 6.07 Å². The molecule has 2 aromatic heterocycles. The normalized spacial score (nSPS) is 10.8. The Balaban J connectivity index is 1.71. The zero-order valence-corrected chi connectivity index (χ0v) is 12.7. The second-order valence-electron chi connectivity index (χ2n) is 4.95. The van der Waals surface area contributed by atoms with Gasteiger partial charge in [-0.3, -0.25) is 9.78 Å². The van der Waals surface area contributed by atoms with Gasteiger partial charge in [-0.2, -0.15) is 0 Å². The highest BCUT2D eigenvalue weighted by atomic mass is 32.1. The number of rotatable bonds is 3. The van der Waals surface area contributed by atoms with Crippen LogP contribution in [0.2, 0.25) is 0 Å². The molecule has 21 heavy (non-hydrogen) atoms. The molecule has 0 aliphatic heterocycles. The van der Waals surface area contributed by atoms with E-state index in [2.05, 4.69) is 15.3 Å². The van der Waals surface area contributed by atoms with Crippen LogP contribution in [0.15, 0.2) is 36.5 Å². The second kappa shape index (κ2) is 5.61. The van der Waals surface area contributed by atoms with Gasteiger partial charge in [-0.15, -0.1) is 11.3 Å². The van der Waals surface area contributed by atoms with Crippen molar-refractivity contribution in [3.8, 4) is 0 Å². The molecule has 0 radical (unpaired) electrons. The Bertz CT molecular complexity index is 793. The van der Waals surface area contributed by atoms with Gasteiger partial charge >= 0.3 is 0 Å². The Morgan fingerprint density at radius 3 is 2.86 bits per heavy atom. The van der Waals surface area contributed by atoms with Crippen LogP contribution in [0.1, 0.15) is 16.3 Å². The highest BCUT2D eigenvalue weighted by molar-refractivity contribution is 7.18. The Morgan fingerprint density at radius 2 is 2.10 bits per heavy atom. The van der Waals surface area contributed by atoms with Crippen LogP contribution in [0.3, 0.4) is 0 Å². The van der Waals surface area contributed by atoms with E-state index in [4.69, 9.17) is 0 Å². The van der Waals surface area contributed by atoms with Gasteiger partial charge in [0.25, 0.3) is 0 Å². The molecular formula is C16H15N3OS. The molecule has 0 spiro atoms. The summed E-state index contributed by atoms with van der Waals surface area (Å²) in [6.45, 7) is 3.91. The molecule has 1 N–H and O–H groups in total. The quantitative estimate of drug-likeness (QED) is 0.805. The van der Waals surface area contributed by atoms with Crippen molar-refractivity contribution >= 4 is 33.1 Å². The molecule has 1 amide bonds. The van der Waals surface area contributed by atoms with E-state index in [1.807, 2.05) is 44.2 Å². The van der Waals surface area contributed by atoms with E-state index in [9.17, 15) is 4.79 Å². The summed E-state index contributed by atoms with van der Waals surface area (Å²) in [5.74, 6) is -0.0405. The van der Waals surface area contributed by atoms with Gasteiger partial charge in [0.1, 0.15) is 0 Å². The van der Waals surface area contributed by atoms with Crippen LogP contribution in [-0.4, -0.2) is 15.9 Å². The number of hydrogen-bond donors (Lipinski definition) is 1. The summed E-state index contributed by atoms with van der Waals surface area (Å²) in [6, 6.07) is 9.62. The number of nitrogens with one attached hydrogen (secondary N) is 1. The lowest BCUT2D eigenvalue weighted by Gasteiger charge is -2.05. The number of benzene rings is 1. The van der Waals surface area contributed by atoms with Gasteiger partial charge in [0.15, 0.2) is 0 Å². The number of hydrogen-bond acceptors (Lipinski definition) is 4. The molecule has 0 unspecified atom stereocenters. The summed E-state index contributed by atoms with van der Waals surface area (Å²) in [4.78, 5) is 20.7. The van der Waals surface area contributed by atoms with E-state index in [0.29, 0.717) is 6.42 Å². The maximum atomic E-state index is 12.1. The van der Waals surface area contributed by atoms with Crippen molar-refractivity contribution in [1.82, 2.24) is 9.97 Å². The van der Waals surface area contributed by atoms with E-state index >= 15 is 0 Å². The maximum Gasteiger partial charge on any atom is 0.228 e. The van der Waals surface area contributed by atoms with Crippen molar-refractivity contribution in [3.63, 3.8) is 0 Å². The molecule has 3 aromatic rings. The van der Waals surface area contributed by atoms with E-state index < -0.39 is 0 Å². The molecule has 0 bridgehead atoms. The number of aromatic nitrogens is 2. The first-order valence-electron chi connectivity index (χ1n) is 6.69. The first kappa shape index (κ1) is 13.7. The predicted molar refractivity (Wildman–Crippen MR) is 85.7 cm³/mol. The maximum absolute atomic E-state index is 12.1. The Kier molecular flexibility index (Phi) is 3.66. The lowest BCUT2D eigenvalue weighted by molar-refractivity contribution is -0.115. The summed E-state index contributed by atoms with van der Waals surface area (Å²) in [5, 5.41) is 3.95. The fraction of sp³-hybridized carbons (Fsp3) is 0.188. The van der Waals surface area contributed by atoms with Gasteiger partial charge in [0, 0.05) is 17.6 Å². The fourth-order valence-corrected chi connectivity index (χ4v) is 2.98. The Hall–Kier alpha value is -2.27. The van der Waals surface area contributed by atoms with Crippen LogP contribution >= 0.6 is 11.3 Å². The first-order chi connectivity index (χ1) is 10.1. The van der Waals surface area contributed by atoms with Gasteiger partial charge in [-0.05, 0) is 43.7 Å². The Labute approximate surface area is 126 Å². The number of carbonyl (C=O) groups is 1. The van der Waals surface area contributed by atoms with Crippen molar-refractivity contribution in [1.29, 1.82) is 0 Å². The number of pyridine rings is 1. The largest absolute Gasteiger partial charge is 0.326 e. The first-order valence-corrected chi connectivity index (χ1v) is 7.50. The third-order valence-corrected chi connectivity index (χ3v) is 4.05. The molecule has 0 aliphatic rings. The minimum absolute atomic E-state index is 0.0405. The molecule has 5 heteroatoms. The fourth-order valence-electron chi connectivity index (χ4n) is 2.11. The summed E-state index contributed by atoms with van der Waals surface area (Å²) in [7, 11) is 0. The number of aryl methyl sites for hydroxylation is 2. The monoisotopic (exact) mass is 297 g/mol. The molecule has 0 fully saturated rings. The second-order valence-corrected chi connectivity index (χ2v) is 6.18. The van der Waals surface area contributed by atoms with E-state index in [-0.39, 0.29) is 5.91 Å². The van der Waals surface area contributed by atoms with Gasteiger partial charge < -0.3 is 5.32 Å². The van der Waals surface area contributed by atoms with Gasteiger partial charge in [-0.25, -0.2) is 4.98 Å². The van der Waals surface area contributed by atoms with Crippen molar-refractivity contribution < 1.29 is 4.79 Å². The van der Waals surface area contributed by atoms with Crippen LogP contribution in [-0.2, 0) is 11.2 Å². The molecule has 4 nitrogen and oxygen atoms in total. The minimum atomic E-state index is -0.0405. The number of amides is 1. The molecule has 0 saturated heterocycles. The average Bonchev–Trinajstić information content (AvgIpc) is 2.80. The Morgan fingerprint density at radius 1 is 1.24 bits per heavy atom. The van der Waals surface area contributed by atoms with Crippen LogP contribution in [0.25, 0.3) is 10.2 Å². The minimum Gasteiger partial charge on any atom is -0.326 e. The summed E-state index contributed by atoms with van der Waals surface area (Å²) >= 11 is 1.63.